The molecule has 4 atom stereocenters. The molecule has 1 aromatic heterocycles. The van der Waals surface area contributed by atoms with E-state index in [1.54, 1.807) is 0 Å². The van der Waals surface area contributed by atoms with Crippen LogP contribution in [0.15, 0.2) is 5.10 Å². The second-order valence-electron chi connectivity index (χ2n) is 10.7. The SMILES string of the molecule is O=C1C(=NNc2nc(N3CCCCC3)nc(N3CCCCC3)n2)C2CCCC3CCCC1C32. The molecule has 8 nitrogen and oxygen atoms in total. The van der Waals surface area contributed by atoms with Gasteiger partial charge in [-0.05, 0) is 63.2 Å². The number of aromatic nitrogens is 3. The summed E-state index contributed by atoms with van der Waals surface area (Å²) in [6, 6.07) is 0. The zero-order valence-electron chi connectivity index (χ0n) is 19.7. The van der Waals surface area contributed by atoms with Gasteiger partial charge in [0.15, 0.2) is 5.78 Å². The monoisotopic (exact) mass is 451 g/mol. The highest BCUT2D eigenvalue weighted by molar-refractivity contribution is 6.43. The van der Waals surface area contributed by atoms with Crippen molar-refractivity contribution < 1.29 is 4.79 Å². The van der Waals surface area contributed by atoms with Crippen molar-refractivity contribution in [2.45, 2.75) is 77.0 Å². The topological polar surface area (TPSA) is 86.6 Å². The Balaban J connectivity index is 1.28. The number of Topliss-reactive ketones (excluding diaryl/α,β-unsaturated/α-hetero) is 1. The Kier molecular flexibility index (Phi) is 5.93. The van der Waals surface area contributed by atoms with Crippen LogP contribution in [0.4, 0.5) is 17.8 Å². The lowest BCUT2D eigenvalue weighted by atomic mass is 9.65. The molecule has 178 valence electrons. The van der Waals surface area contributed by atoms with Crippen molar-refractivity contribution in [3.8, 4) is 0 Å². The van der Waals surface area contributed by atoms with Crippen molar-refractivity contribution in [1.29, 1.82) is 0 Å². The Bertz CT molecular complexity index is 868. The van der Waals surface area contributed by atoms with Gasteiger partial charge in [0.2, 0.25) is 17.8 Å². The van der Waals surface area contributed by atoms with Gasteiger partial charge in [-0.1, -0.05) is 25.7 Å². The molecule has 0 spiro atoms. The quantitative estimate of drug-likeness (QED) is 0.692. The number of ketones is 1. The minimum absolute atomic E-state index is 0.195. The van der Waals surface area contributed by atoms with E-state index in [1.165, 1.54) is 64.2 Å². The molecule has 2 aliphatic heterocycles. The van der Waals surface area contributed by atoms with Crippen molar-refractivity contribution in [3.05, 3.63) is 0 Å². The fourth-order valence-electron chi connectivity index (χ4n) is 7.17. The predicted octanol–water partition coefficient (Wildman–Crippen LogP) is 4.04. The molecule has 1 N–H and O–H groups in total. The molecule has 8 heteroatoms. The van der Waals surface area contributed by atoms with Crippen LogP contribution in [0.1, 0.15) is 77.0 Å². The molecular formula is C25H37N7O. The fraction of sp³-hybridized carbons (Fsp3) is 0.800. The zero-order chi connectivity index (χ0) is 22.2. The lowest BCUT2D eigenvalue weighted by molar-refractivity contribution is -0.118. The van der Waals surface area contributed by atoms with Crippen LogP contribution in [0, 0.1) is 23.7 Å². The van der Waals surface area contributed by atoms with Crippen LogP contribution in [-0.2, 0) is 4.79 Å². The molecule has 0 radical (unpaired) electrons. The number of nitrogens with zero attached hydrogens (tertiary/aromatic N) is 6. The minimum Gasteiger partial charge on any atom is -0.341 e. The molecule has 3 aliphatic carbocycles. The van der Waals surface area contributed by atoms with E-state index in [4.69, 9.17) is 20.1 Å². The fourth-order valence-corrected chi connectivity index (χ4v) is 7.17. The molecule has 3 heterocycles. The summed E-state index contributed by atoms with van der Waals surface area (Å²) < 4.78 is 0. The molecule has 0 aromatic carbocycles. The summed E-state index contributed by atoms with van der Waals surface area (Å²) in [5, 5.41) is 4.72. The summed E-state index contributed by atoms with van der Waals surface area (Å²) in [7, 11) is 0. The van der Waals surface area contributed by atoms with Gasteiger partial charge >= 0.3 is 0 Å². The number of piperidine rings is 2. The largest absolute Gasteiger partial charge is 0.341 e. The van der Waals surface area contributed by atoms with Gasteiger partial charge in [-0.25, -0.2) is 5.43 Å². The third kappa shape index (κ3) is 4.10. The smallest absolute Gasteiger partial charge is 0.250 e. The summed E-state index contributed by atoms with van der Waals surface area (Å²) in [6.07, 6.45) is 14.4. The van der Waals surface area contributed by atoms with Gasteiger partial charge in [-0.15, -0.1) is 0 Å². The van der Waals surface area contributed by atoms with Gasteiger partial charge in [0.1, 0.15) is 5.71 Å². The number of rotatable bonds is 4. The third-order valence-corrected chi connectivity index (χ3v) is 8.76. The number of carbonyl (C=O) groups is 1. The number of hydrogen-bond acceptors (Lipinski definition) is 8. The molecule has 6 rings (SSSR count). The maximum Gasteiger partial charge on any atom is 0.250 e. The van der Waals surface area contributed by atoms with E-state index in [2.05, 4.69) is 15.2 Å². The Morgan fingerprint density at radius 3 is 1.88 bits per heavy atom. The van der Waals surface area contributed by atoms with Gasteiger partial charge in [0, 0.05) is 38.0 Å². The van der Waals surface area contributed by atoms with E-state index in [1.807, 2.05) is 0 Å². The Hall–Kier alpha value is -2.25. The number of nitrogens with one attached hydrogen (secondary N) is 1. The van der Waals surface area contributed by atoms with E-state index in [0.717, 1.165) is 56.6 Å². The Morgan fingerprint density at radius 1 is 0.697 bits per heavy atom. The van der Waals surface area contributed by atoms with Crippen LogP contribution in [0.2, 0.25) is 0 Å². The van der Waals surface area contributed by atoms with Crippen LogP contribution < -0.4 is 15.2 Å². The number of hydrogen-bond donors (Lipinski definition) is 1. The molecular weight excluding hydrogens is 414 g/mol. The average molecular weight is 452 g/mol. The highest BCUT2D eigenvalue weighted by Crippen LogP contribution is 2.52. The minimum atomic E-state index is 0.195. The standard InChI is InChI=1S/C25H37N7O/c33-22-19-12-8-10-17-9-7-11-18(20(17)19)21(22)29-30-23-26-24(31-13-3-1-4-14-31)28-25(27-23)32-15-5-2-6-16-32/h17-20H,1-16H2,(H,26,27,28,30). The lowest BCUT2D eigenvalue weighted by Crippen LogP contribution is -2.34. The zero-order valence-corrected chi connectivity index (χ0v) is 19.7. The molecule has 2 saturated heterocycles. The van der Waals surface area contributed by atoms with Crippen LogP contribution in [0.25, 0.3) is 0 Å². The van der Waals surface area contributed by atoms with Crippen LogP contribution >= 0.6 is 0 Å². The molecule has 0 amide bonds. The second kappa shape index (κ2) is 9.18. The normalized spacial score (nSPS) is 33.3. The molecule has 33 heavy (non-hydrogen) atoms. The first-order chi connectivity index (χ1) is 16.3. The summed E-state index contributed by atoms with van der Waals surface area (Å²) >= 11 is 0. The predicted molar refractivity (Wildman–Crippen MR) is 130 cm³/mol. The first-order valence-electron chi connectivity index (χ1n) is 13.4. The highest BCUT2D eigenvalue weighted by atomic mass is 16.1. The molecule has 5 fully saturated rings. The highest BCUT2D eigenvalue weighted by Gasteiger charge is 2.53. The van der Waals surface area contributed by atoms with Crippen LogP contribution in [0.3, 0.4) is 0 Å². The van der Waals surface area contributed by atoms with E-state index in [-0.39, 0.29) is 11.7 Å². The van der Waals surface area contributed by atoms with E-state index in [0.29, 0.717) is 23.7 Å². The van der Waals surface area contributed by atoms with E-state index >= 15 is 0 Å². The first kappa shape index (κ1) is 21.3. The van der Waals surface area contributed by atoms with Crippen molar-refractivity contribution in [1.82, 2.24) is 15.0 Å². The Morgan fingerprint density at radius 2 is 1.27 bits per heavy atom. The molecule has 4 unspecified atom stereocenters. The number of hydrazone groups is 1. The van der Waals surface area contributed by atoms with Crippen molar-refractivity contribution >= 4 is 29.3 Å². The van der Waals surface area contributed by atoms with Crippen molar-refractivity contribution in [2.75, 3.05) is 41.4 Å². The maximum absolute atomic E-state index is 13.3. The van der Waals surface area contributed by atoms with Gasteiger partial charge in [0.05, 0.1) is 0 Å². The van der Waals surface area contributed by atoms with Crippen LogP contribution in [-0.4, -0.2) is 52.6 Å². The van der Waals surface area contributed by atoms with E-state index in [9.17, 15) is 4.79 Å². The van der Waals surface area contributed by atoms with Gasteiger partial charge in [-0.3, -0.25) is 4.79 Å². The first-order valence-corrected chi connectivity index (χ1v) is 13.4. The van der Waals surface area contributed by atoms with Crippen LogP contribution in [0.5, 0.6) is 0 Å². The summed E-state index contributed by atoms with van der Waals surface area (Å²) in [5.74, 6) is 4.01. The summed E-state index contributed by atoms with van der Waals surface area (Å²) in [4.78, 5) is 32.2. The van der Waals surface area contributed by atoms with Gasteiger partial charge in [-0.2, -0.15) is 20.1 Å². The number of anilines is 3. The summed E-state index contributed by atoms with van der Waals surface area (Å²) in [6.45, 7) is 3.96. The van der Waals surface area contributed by atoms with Gasteiger partial charge in [0.25, 0.3) is 0 Å². The van der Waals surface area contributed by atoms with Crippen molar-refractivity contribution in [2.24, 2.45) is 28.8 Å². The maximum atomic E-state index is 13.3. The second-order valence-corrected chi connectivity index (χ2v) is 10.7. The molecule has 5 aliphatic rings. The summed E-state index contributed by atoms with van der Waals surface area (Å²) in [5.41, 5.74) is 3.90. The number of carbonyl (C=O) groups excluding carboxylic acids is 1. The molecule has 1 aromatic rings. The molecule has 3 saturated carbocycles. The van der Waals surface area contributed by atoms with Gasteiger partial charge < -0.3 is 9.80 Å². The molecule has 0 bridgehead atoms. The lowest BCUT2D eigenvalue weighted by Gasteiger charge is -2.39. The van der Waals surface area contributed by atoms with E-state index < -0.39 is 0 Å². The average Bonchev–Trinajstić information content (AvgIpc) is 3.16. The Labute approximate surface area is 196 Å². The third-order valence-electron chi connectivity index (χ3n) is 8.76. The van der Waals surface area contributed by atoms with Crippen molar-refractivity contribution in [3.63, 3.8) is 0 Å².